The van der Waals surface area contributed by atoms with Crippen LogP contribution in [0.5, 0.6) is 0 Å². The van der Waals surface area contributed by atoms with E-state index in [1.165, 1.54) is 12.0 Å². The van der Waals surface area contributed by atoms with Crippen LogP contribution >= 0.6 is 0 Å². The molecule has 0 aromatic carbocycles. The first kappa shape index (κ1) is 12.0. The van der Waals surface area contributed by atoms with Crippen LogP contribution in [-0.2, 0) is 9.53 Å². The fraction of sp³-hybridized carbons (Fsp3) is 0.667. The number of hydrogen-bond donors (Lipinski definition) is 1. The van der Waals surface area contributed by atoms with E-state index >= 15 is 0 Å². The van der Waals surface area contributed by atoms with Crippen LogP contribution < -0.4 is 0 Å². The zero-order chi connectivity index (χ0) is 13.1. The van der Waals surface area contributed by atoms with E-state index in [-0.39, 0.29) is 11.0 Å². The fourth-order valence-corrected chi connectivity index (χ4v) is 3.98. The lowest BCUT2D eigenvalue weighted by molar-refractivity contribution is -0.141. The van der Waals surface area contributed by atoms with Crippen LogP contribution in [0.3, 0.4) is 0 Å². The highest BCUT2D eigenvalue weighted by Gasteiger charge is 2.59. The Kier molecular flexibility index (Phi) is 2.31. The van der Waals surface area contributed by atoms with Crippen LogP contribution in [0, 0.1) is 5.41 Å². The molecule has 18 heavy (non-hydrogen) atoms. The number of allylic oxidation sites excluding steroid dienone is 1. The van der Waals surface area contributed by atoms with Gasteiger partial charge in [0.25, 0.3) is 0 Å². The molecule has 1 N–H and O–H groups in total. The summed E-state index contributed by atoms with van der Waals surface area (Å²) in [7, 11) is 0. The van der Waals surface area contributed by atoms with E-state index in [9.17, 15) is 9.90 Å². The first-order chi connectivity index (χ1) is 8.38. The Morgan fingerprint density at radius 2 is 2.11 bits per heavy atom. The molecule has 0 amide bonds. The van der Waals surface area contributed by atoms with Gasteiger partial charge in [0.05, 0.1) is 5.57 Å². The normalized spacial score (nSPS) is 43.6. The van der Waals surface area contributed by atoms with Gasteiger partial charge in [-0.15, -0.1) is 0 Å². The van der Waals surface area contributed by atoms with E-state index in [4.69, 9.17) is 4.74 Å². The van der Waals surface area contributed by atoms with Crippen LogP contribution in [0.25, 0.3) is 0 Å². The second-order valence-corrected chi connectivity index (χ2v) is 6.30. The highest BCUT2D eigenvalue weighted by Crippen LogP contribution is 2.56. The molecule has 0 bridgehead atoms. The summed E-state index contributed by atoms with van der Waals surface area (Å²) in [4.78, 5) is 11.7. The summed E-state index contributed by atoms with van der Waals surface area (Å²) in [5, 5.41) is 10.7. The van der Waals surface area contributed by atoms with Crippen molar-refractivity contribution in [2.45, 2.75) is 57.7 Å². The van der Waals surface area contributed by atoms with Gasteiger partial charge < -0.3 is 9.84 Å². The largest absolute Gasteiger partial charge is 0.451 e. The van der Waals surface area contributed by atoms with Crippen LogP contribution in [0.4, 0.5) is 0 Å². The van der Waals surface area contributed by atoms with E-state index in [0.29, 0.717) is 6.42 Å². The zero-order valence-electron chi connectivity index (χ0n) is 11.1. The van der Waals surface area contributed by atoms with Gasteiger partial charge in [-0.05, 0) is 50.0 Å². The minimum absolute atomic E-state index is 0.0874. The number of hydrogen-bond acceptors (Lipinski definition) is 3. The summed E-state index contributed by atoms with van der Waals surface area (Å²) in [6.07, 6.45) is 4.35. The molecule has 2 aliphatic carbocycles. The van der Waals surface area contributed by atoms with Gasteiger partial charge >= 0.3 is 5.97 Å². The van der Waals surface area contributed by atoms with Crippen LogP contribution in [0.15, 0.2) is 23.3 Å². The maximum Gasteiger partial charge on any atom is 0.337 e. The number of esters is 1. The molecule has 3 heteroatoms. The third kappa shape index (κ3) is 1.31. The average molecular weight is 248 g/mol. The third-order valence-corrected chi connectivity index (χ3v) is 5.14. The first-order valence-corrected chi connectivity index (χ1v) is 6.71. The van der Waals surface area contributed by atoms with Crippen molar-refractivity contribution >= 4 is 5.97 Å². The topological polar surface area (TPSA) is 46.5 Å². The van der Waals surface area contributed by atoms with Crippen molar-refractivity contribution in [2.24, 2.45) is 5.41 Å². The van der Waals surface area contributed by atoms with Crippen LogP contribution in [0.1, 0.15) is 46.0 Å². The van der Waals surface area contributed by atoms with E-state index < -0.39 is 17.7 Å². The summed E-state index contributed by atoms with van der Waals surface area (Å²) >= 11 is 0. The Hall–Kier alpha value is -1.09. The van der Waals surface area contributed by atoms with Gasteiger partial charge in [0.1, 0.15) is 5.60 Å². The number of rotatable bonds is 0. The SMILES string of the molecule is C=C1C(=O)OC2C3=C(C)CCC[C@]3(C)CC[C@@]12O. The Bertz CT molecular complexity index is 476. The smallest absolute Gasteiger partial charge is 0.337 e. The molecule has 1 saturated carbocycles. The zero-order valence-corrected chi connectivity index (χ0v) is 11.1. The lowest BCUT2D eigenvalue weighted by Gasteiger charge is -2.48. The molecule has 3 nitrogen and oxygen atoms in total. The predicted octanol–water partition coefficient (Wildman–Crippen LogP) is 2.50. The van der Waals surface area contributed by atoms with Gasteiger partial charge in [-0.2, -0.15) is 0 Å². The third-order valence-electron chi connectivity index (χ3n) is 5.14. The summed E-state index contributed by atoms with van der Waals surface area (Å²) in [5.41, 5.74) is 1.61. The maximum absolute atomic E-state index is 11.7. The summed E-state index contributed by atoms with van der Waals surface area (Å²) in [6.45, 7) is 8.07. The van der Waals surface area contributed by atoms with Crippen molar-refractivity contribution in [3.05, 3.63) is 23.3 Å². The van der Waals surface area contributed by atoms with Crippen LogP contribution in [0.2, 0.25) is 0 Å². The minimum Gasteiger partial charge on any atom is -0.451 e. The van der Waals surface area contributed by atoms with Gasteiger partial charge in [-0.25, -0.2) is 4.79 Å². The highest BCUT2D eigenvalue weighted by atomic mass is 16.6. The second-order valence-electron chi connectivity index (χ2n) is 6.30. The summed E-state index contributed by atoms with van der Waals surface area (Å²) in [5.74, 6) is -0.433. The molecule has 1 unspecified atom stereocenters. The van der Waals surface area contributed by atoms with E-state index in [1.54, 1.807) is 0 Å². The predicted molar refractivity (Wildman–Crippen MR) is 67.9 cm³/mol. The molecular formula is C15H20O3. The molecule has 3 aliphatic rings. The van der Waals surface area contributed by atoms with Crippen molar-refractivity contribution in [3.8, 4) is 0 Å². The molecule has 0 radical (unpaired) electrons. The van der Waals surface area contributed by atoms with Crippen molar-refractivity contribution in [1.82, 2.24) is 0 Å². The average Bonchev–Trinajstić information content (AvgIpc) is 2.53. The summed E-state index contributed by atoms with van der Waals surface area (Å²) in [6, 6.07) is 0. The molecule has 0 spiro atoms. The van der Waals surface area contributed by atoms with Gasteiger partial charge in [0.2, 0.25) is 0 Å². The number of carbonyl (C=O) groups is 1. The Balaban J connectivity index is 2.13. The standard InChI is InChI=1S/C15H20O3/c1-9-5-4-6-14(3)7-8-15(17)10(2)13(16)18-12(15)11(9)14/h12,17H,2,4-8H2,1,3H3/t12?,14-,15-/m1/s1. The molecule has 3 rings (SSSR count). The summed E-state index contributed by atoms with van der Waals surface area (Å²) < 4.78 is 5.44. The van der Waals surface area contributed by atoms with Gasteiger partial charge in [-0.3, -0.25) is 0 Å². The van der Waals surface area contributed by atoms with E-state index in [1.807, 2.05) is 0 Å². The van der Waals surface area contributed by atoms with Gasteiger partial charge in [0, 0.05) is 0 Å². The highest BCUT2D eigenvalue weighted by molar-refractivity contribution is 5.93. The van der Waals surface area contributed by atoms with E-state index in [0.717, 1.165) is 24.8 Å². The number of fused-ring (bicyclic) bond motifs is 3. The molecule has 2 fully saturated rings. The molecule has 1 saturated heterocycles. The Morgan fingerprint density at radius 1 is 1.39 bits per heavy atom. The Labute approximate surface area is 108 Å². The van der Waals surface area contributed by atoms with Crippen molar-refractivity contribution in [2.75, 3.05) is 0 Å². The molecule has 1 aliphatic heterocycles. The Morgan fingerprint density at radius 3 is 2.83 bits per heavy atom. The van der Waals surface area contributed by atoms with Crippen LogP contribution in [-0.4, -0.2) is 22.8 Å². The number of ether oxygens (including phenoxy) is 1. The number of aliphatic hydroxyl groups is 1. The quantitative estimate of drug-likeness (QED) is 0.407. The molecule has 0 aromatic heterocycles. The molecule has 1 heterocycles. The van der Waals surface area contributed by atoms with Crippen molar-refractivity contribution < 1.29 is 14.6 Å². The van der Waals surface area contributed by atoms with Crippen molar-refractivity contribution in [3.63, 3.8) is 0 Å². The molecule has 0 aromatic rings. The van der Waals surface area contributed by atoms with E-state index in [2.05, 4.69) is 20.4 Å². The number of carbonyl (C=O) groups excluding carboxylic acids is 1. The second kappa shape index (κ2) is 3.47. The molecular weight excluding hydrogens is 228 g/mol. The minimum atomic E-state index is -1.16. The van der Waals surface area contributed by atoms with Gasteiger partial charge in [0.15, 0.2) is 6.10 Å². The van der Waals surface area contributed by atoms with Gasteiger partial charge in [-0.1, -0.05) is 19.1 Å². The fourth-order valence-electron chi connectivity index (χ4n) is 3.98. The van der Waals surface area contributed by atoms with Crippen molar-refractivity contribution in [1.29, 1.82) is 0 Å². The lowest BCUT2D eigenvalue weighted by atomic mass is 9.59. The molecule has 3 atom stereocenters. The molecule has 98 valence electrons. The maximum atomic E-state index is 11.7. The lowest BCUT2D eigenvalue weighted by Crippen LogP contribution is -2.50. The first-order valence-electron chi connectivity index (χ1n) is 6.71. The monoisotopic (exact) mass is 248 g/mol.